The van der Waals surface area contributed by atoms with Crippen molar-refractivity contribution < 1.29 is 4.74 Å². The van der Waals surface area contributed by atoms with E-state index in [4.69, 9.17) is 28.6 Å². The number of anilines is 1. The predicted octanol–water partition coefficient (Wildman–Crippen LogP) is 3.28. The van der Waals surface area contributed by atoms with Crippen molar-refractivity contribution in [2.75, 3.05) is 25.6 Å². The fourth-order valence-corrected chi connectivity index (χ4v) is 2.59. The summed E-state index contributed by atoms with van der Waals surface area (Å²) in [7, 11) is 1.64. The highest BCUT2D eigenvalue weighted by Crippen LogP contribution is 2.22. The normalized spacial score (nSPS) is 10.5. The third kappa shape index (κ3) is 4.95. The van der Waals surface area contributed by atoms with E-state index in [1.807, 2.05) is 30.5 Å². The van der Waals surface area contributed by atoms with Gasteiger partial charge in [-0.15, -0.1) is 0 Å². The van der Waals surface area contributed by atoms with Crippen LogP contribution in [-0.4, -0.2) is 35.2 Å². The molecule has 1 aromatic carbocycles. The summed E-state index contributed by atoms with van der Waals surface area (Å²) in [6.45, 7) is 1.81. The van der Waals surface area contributed by atoms with Crippen LogP contribution in [0, 0.1) is 0 Å². The second-order valence-electron chi connectivity index (χ2n) is 4.49. The molecule has 0 atom stereocenters. The van der Waals surface area contributed by atoms with Crippen LogP contribution in [0.3, 0.4) is 0 Å². The minimum Gasteiger partial charge on any atom is -0.383 e. The number of hydrogen-bond acceptors (Lipinski definition) is 3. The summed E-state index contributed by atoms with van der Waals surface area (Å²) in [5.41, 5.74) is 1.01. The zero-order valence-corrected chi connectivity index (χ0v) is 15.1. The largest absolute Gasteiger partial charge is 0.383 e. The fourth-order valence-electron chi connectivity index (χ4n) is 1.78. The minimum atomic E-state index is 0.501. The molecule has 1 heterocycles. The van der Waals surface area contributed by atoms with Gasteiger partial charge in [-0.3, -0.25) is 4.68 Å². The van der Waals surface area contributed by atoms with Gasteiger partial charge in [-0.1, -0.05) is 29.8 Å². The lowest BCUT2D eigenvalue weighted by Gasteiger charge is -2.08. The van der Waals surface area contributed by atoms with E-state index in [0.717, 1.165) is 15.1 Å². The van der Waals surface area contributed by atoms with Crippen molar-refractivity contribution in [2.24, 2.45) is 0 Å². The predicted molar refractivity (Wildman–Crippen MR) is 96.6 cm³/mol. The van der Waals surface area contributed by atoms with E-state index >= 15 is 0 Å². The number of nitrogens with zero attached hydrogens (tertiary/aromatic N) is 2. The van der Waals surface area contributed by atoms with Crippen LogP contribution < -0.4 is 10.6 Å². The van der Waals surface area contributed by atoms with Crippen molar-refractivity contribution in [3.8, 4) is 0 Å². The number of halogens is 2. The van der Waals surface area contributed by atoms with E-state index < -0.39 is 0 Å². The first-order valence-corrected chi connectivity index (χ1v) is 8.18. The molecule has 5 nitrogen and oxygen atoms in total. The Hall–Kier alpha value is -1.15. The summed E-state index contributed by atoms with van der Waals surface area (Å²) in [5, 5.41) is 11.8. The molecule has 0 aliphatic carbocycles. The van der Waals surface area contributed by atoms with E-state index in [0.29, 0.717) is 30.6 Å². The van der Waals surface area contributed by atoms with E-state index in [1.165, 1.54) is 0 Å². The first-order valence-electron chi connectivity index (χ1n) is 6.60. The molecule has 0 radical (unpaired) electrons. The number of aromatic nitrogens is 2. The number of rotatable bonds is 6. The van der Waals surface area contributed by atoms with Crippen LogP contribution in [0.2, 0.25) is 5.02 Å². The molecule has 0 spiro atoms. The topological polar surface area (TPSA) is 51.1 Å². The van der Waals surface area contributed by atoms with Gasteiger partial charge >= 0.3 is 0 Å². The Labute approximate surface area is 148 Å². The van der Waals surface area contributed by atoms with Crippen molar-refractivity contribution in [3.63, 3.8) is 0 Å². The van der Waals surface area contributed by atoms with Crippen LogP contribution in [0.25, 0.3) is 0 Å². The highest BCUT2D eigenvalue weighted by molar-refractivity contribution is 9.10. The summed E-state index contributed by atoms with van der Waals surface area (Å²) in [4.78, 5) is 0. The van der Waals surface area contributed by atoms with Gasteiger partial charge in [0.1, 0.15) is 0 Å². The summed E-state index contributed by atoms with van der Waals surface area (Å²) in [5.74, 6) is 0.655. The first-order chi connectivity index (χ1) is 10.6. The molecule has 22 heavy (non-hydrogen) atoms. The Morgan fingerprint density at radius 1 is 1.45 bits per heavy atom. The molecule has 0 fully saturated rings. The summed E-state index contributed by atoms with van der Waals surface area (Å²) < 4.78 is 7.58. The molecule has 1 aromatic heterocycles. The Morgan fingerprint density at radius 3 is 2.95 bits per heavy atom. The smallest absolute Gasteiger partial charge is 0.172 e. The Kier molecular flexibility index (Phi) is 6.63. The molecule has 2 N–H and O–H groups in total. The quantitative estimate of drug-likeness (QED) is 0.573. The second kappa shape index (κ2) is 8.47. The molecule has 0 aliphatic heterocycles. The number of nitrogens with one attached hydrogen (secondary N) is 2. The maximum atomic E-state index is 6.16. The van der Waals surface area contributed by atoms with Crippen LogP contribution in [-0.2, 0) is 11.3 Å². The van der Waals surface area contributed by atoms with Gasteiger partial charge in [0.2, 0.25) is 0 Å². The molecule has 8 heteroatoms. The summed E-state index contributed by atoms with van der Waals surface area (Å²) in [6, 6.07) is 7.70. The lowest BCUT2D eigenvalue weighted by atomic mass is 10.2. The molecule has 118 valence electrons. The molecule has 0 saturated heterocycles. The van der Waals surface area contributed by atoms with Crippen LogP contribution >= 0.6 is 39.7 Å². The second-order valence-corrected chi connectivity index (χ2v) is 6.16. The zero-order valence-electron chi connectivity index (χ0n) is 12.0. The lowest BCUT2D eigenvalue weighted by Crippen LogP contribution is -2.31. The van der Waals surface area contributed by atoms with Gasteiger partial charge in [-0.25, -0.2) is 0 Å². The fraction of sp³-hybridized carbons (Fsp3) is 0.286. The Morgan fingerprint density at radius 2 is 2.23 bits per heavy atom. The number of methoxy groups -OCH3 is 1. The summed E-state index contributed by atoms with van der Waals surface area (Å²) >= 11 is 14.8. The highest BCUT2D eigenvalue weighted by Gasteiger charge is 2.09. The molecule has 0 unspecified atom stereocenters. The number of ether oxygens (including phenoxy) is 1. The van der Waals surface area contributed by atoms with E-state index in [1.54, 1.807) is 11.8 Å². The van der Waals surface area contributed by atoms with Crippen molar-refractivity contribution in [1.82, 2.24) is 15.1 Å². The van der Waals surface area contributed by atoms with Gasteiger partial charge in [0.05, 0.1) is 17.6 Å². The summed E-state index contributed by atoms with van der Waals surface area (Å²) in [6.07, 6.45) is 1.88. The average molecular weight is 404 g/mol. The molecule has 0 bridgehead atoms. The van der Waals surface area contributed by atoms with Crippen LogP contribution in [0.4, 0.5) is 5.82 Å². The van der Waals surface area contributed by atoms with Crippen LogP contribution in [0.15, 0.2) is 34.9 Å². The lowest BCUT2D eigenvalue weighted by molar-refractivity contribution is 0.204. The van der Waals surface area contributed by atoms with Crippen molar-refractivity contribution >= 4 is 50.7 Å². The standard InChI is InChI=1S/C14H16BrClN4OS/c1-21-7-6-17-14(22)18-13-11(15)9-20(19-13)8-10-4-2-3-5-12(10)16/h2-5,9H,6-8H2,1H3,(H2,17,18,19,22). The molecule has 0 saturated carbocycles. The molecular formula is C14H16BrClN4OS. The van der Waals surface area contributed by atoms with Crippen molar-refractivity contribution in [1.29, 1.82) is 0 Å². The number of thiocarbonyl (C=S) groups is 1. The van der Waals surface area contributed by atoms with Gasteiger partial charge in [0.25, 0.3) is 0 Å². The third-order valence-corrected chi connectivity index (χ3v) is 4.03. The molecule has 0 aliphatic rings. The minimum absolute atomic E-state index is 0.501. The molecule has 2 aromatic rings. The van der Waals surface area contributed by atoms with E-state index in [9.17, 15) is 0 Å². The van der Waals surface area contributed by atoms with Gasteiger partial charge < -0.3 is 15.4 Å². The number of benzene rings is 1. The van der Waals surface area contributed by atoms with Gasteiger partial charge in [0.15, 0.2) is 10.9 Å². The van der Waals surface area contributed by atoms with Crippen molar-refractivity contribution in [3.05, 3.63) is 45.5 Å². The van der Waals surface area contributed by atoms with Crippen LogP contribution in [0.1, 0.15) is 5.56 Å². The first kappa shape index (κ1) is 17.2. The molecule has 2 rings (SSSR count). The van der Waals surface area contributed by atoms with Gasteiger partial charge in [0, 0.05) is 24.9 Å². The van der Waals surface area contributed by atoms with E-state index in [-0.39, 0.29) is 0 Å². The average Bonchev–Trinajstić information content (AvgIpc) is 2.81. The van der Waals surface area contributed by atoms with Crippen LogP contribution in [0.5, 0.6) is 0 Å². The van der Waals surface area contributed by atoms with Crippen molar-refractivity contribution in [2.45, 2.75) is 6.54 Å². The molecular weight excluding hydrogens is 388 g/mol. The number of hydrogen-bond donors (Lipinski definition) is 2. The monoisotopic (exact) mass is 402 g/mol. The highest BCUT2D eigenvalue weighted by atomic mass is 79.9. The third-order valence-electron chi connectivity index (χ3n) is 2.83. The zero-order chi connectivity index (χ0) is 15.9. The maximum absolute atomic E-state index is 6.16. The SMILES string of the molecule is COCCNC(=S)Nc1nn(Cc2ccccc2Cl)cc1Br. The van der Waals surface area contributed by atoms with E-state index in [2.05, 4.69) is 31.7 Å². The molecule has 0 amide bonds. The Balaban J connectivity index is 1.99. The Bertz CT molecular complexity index is 650. The van der Waals surface area contributed by atoms with Gasteiger partial charge in [-0.2, -0.15) is 5.10 Å². The maximum Gasteiger partial charge on any atom is 0.172 e. The van der Waals surface area contributed by atoms with Gasteiger partial charge in [-0.05, 0) is 39.8 Å².